The maximum Gasteiger partial charge on any atom is 0.137 e. The largest absolute Gasteiger partial charge is 0.457 e. The standard InChI is InChI=1S/C47H56N4O/c1-29(2)17-20-43-47(46-32(7)13-12-14-33(46)8)34(9)49-51(43)37-25-36(31(5)6)26-39(27-37)52-38-18-19-41-40-15-10-11-16-42(40)50(44(41)28-38)45-24-35(21-22-48-45)23-30(3)4/h10-11,13,15-16,18-19,21-22,24-31,33,46H,12,14,17,20,23H2,1-9H3/t33?,46-/m0/s1. The molecule has 5 heteroatoms. The van der Waals surface area contributed by atoms with Gasteiger partial charge in [-0.05, 0) is 123 Å². The number of benzene rings is 3. The van der Waals surface area contributed by atoms with Crippen LogP contribution in [0.3, 0.4) is 0 Å². The molecule has 1 aliphatic carbocycles. The highest BCUT2D eigenvalue weighted by molar-refractivity contribution is 6.09. The van der Waals surface area contributed by atoms with Crippen LogP contribution in [0, 0.1) is 24.7 Å². The minimum Gasteiger partial charge on any atom is -0.457 e. The molecule has 6 aromatic rings. The van der Waals surface area contributed by atoms with Crippen LogP contribution in [0.1, 0.15) is 115 Å². The third-order valence-electron chi connectivity index (χ3n) is 11.0. The minimum absolute atomic E-state index is 0.329. The van der Waals surface area contributed by atoms with Gasteiger partial charge in [-0.25, -0.2) is 9.67 Å². The summed E-state index contributed by atoms with van der Waals surface area (Å²) in [7, 11) is 0. The summed E-state index contributed by atoms with van der Waals surface area (Å²) in [5.41, 5.74) is 11.2. The number of hydrogen-bond donors (Lipinski definition) is 0. The normalized spacial score (nSPS) is 16.5. The number of aromatic nitrogens is 4. The SMILES string of the molecule is CC1=CCCC(C)[C@H]1c1c(C)nn(-c2cc(Oc3ccc4c5ccccc5n(-c5cc(CC(C)C)ccn5)c4c3)cc(C(C)C)c2)c1CCC(C)C. The lowest BCUT2D eigenvalue weighted by atomic mass is 9.75. The molecule has 270 valence electrons. The highest BCUT2D eigenvalue weighted by Gasteiger charge is 2.31. The summed E-state index contributed by atoms with van der Waals surface area (Å²) < 4.78 is 11.4. The Morgan fingerprint density at radius 1 is 0.827 bits per heavy atom. The van der Waals surface area contributed by atoms with E-state index in [-0.39, 0.29) is 0 Å². The molecule has 0 bridgehead atoms. The van der Waals surface area contributed by atoms with Crippen molar-refractivity contribution in [2.45, 2.75) is 106 Å². The van der Waals surface area contributed by atoms with Crippen molar-refractivity contribution >= 4 is 21.8 Å². The van der Waals surface area contributed by atoms with E-state index in [1.807, 2.05) is 6.20 Å². The van der Waals surface area contributed by atoms with Gasteiger partial charge in [-0.1, -0.05) is 78.3 Å². The molecule has 1 unspecified atom stereocenters. The smallest absolute Gasteiger partial charge is 0.137 e. The van der Waals surface area contributed by atoms with Gasteiger partial charge in [0, 0.05) is 46.3 Å². The number of fused-ring (bicyclic) bond motifs is 3. The van der Waals surface area contributed by atoms with Gasteiger partial charge in [0.15, 0.2) is 0 Å². The Bertz CT molecular complexity index is 2250. The van der Waals surface area contributed by atoms with Crippen molar-refractivity contribution in [2.75, 3.05) is 0 Å². The molecule has 0 spiro atoms. The van der Waals surface area contributed by atoms with Crippen LogP contribution in [-0.4, -0.2) is 19.3 Å². The number of rotatable bonds is 11. The third kappa shape index (κ3) is 7.07. The molecule has 3 aromatic heterocycles. The molecule has 0 fully saturated rings. The first-order valence-corrected chi connectivity index (χ1v) is 19.5. The van der Waals surface area contributed by atoms with Crippen molar-refractivity contribution in [3.8, 4) is 23.0 Å². The van der Waals surface area contributed by atoms with E-state index in [0.717, 1.165) is 59.0 Å². The van der Waals surface area contributed by atoms with E-state index in [1.54, 1.807) is 0 Å². The summed E-state index contributed by atoms with van der Waals surface area (Å²) in [6.45, 7) is 20.6. The molecule has 0 saturated heterocycles. The average Bonchev–Trinajstić information content (AvgIpc) is 3.60. The predicted molar refractivity (Wildman–Crippen MR) is 218 cm³/mol. The van der Waals surface area contributed by atoms with E-state index in [1.165, 1.54) is 51.6 Å². The van der Waals surface area contributed by atoms with Crippen molar-refractivity contribution < 1.29 is 4.74 Å². The molecule has 7 rings (SSSR count). The number of para-hydroxylation sites is 1. The summed E-state index contributed by atoms with van der Waals surface area (Å²) in [4.78, 5) is 4.87. The van der Waals surface area contributed by atoms with Gasteiger partial charge >= 0.3 is 0 Å². The molecule has 0 aliphatic heterocycles. The van der Waals surface area contributed by atoms with E-state index in [4.69, 9.17) is 14.8 Å². The third-order valence-corrected chi connectivity index (χ3v) is 11.0. The van der Waals surface area contributed by atoms with E-state index in [0.29, 0.717) is 29.6 Å². The Labute approximate surface area is 310 Å². The number of hydrogen-bond acceptors (Lipinski definition) is 3. The number of aryl methyl sites for hydroxylation is 1. The van der Waals surface area contributed by atoms with Crippen LogP contribution in [0.15, 0.2) is 90.6 Å². The van der Waals surface area contributed by atoms with E-state index < -0.39 is 0 Å². The molecule has 1 aliphatic rings. The minimum atomic E-state index is 0.329. The first-order chi connectivity index (χ1) is 25.0. The summed E-state index contributed by atoms with van der Waals surface area (Å²) >= 11 is 0. The number of ether oxygens (including phenoxy) is 1. The van der Waals surface area contributed by atoms with E-state index in [9.17, 15) is 0 Å². The van der Waals surface area contributed by atoms with Gasteiger partial charge in [0.2, 0.25) is 0 Å². The fourth-order valence-electron chi connectivity index (χ4n) is 8.40. The first-order valence-electron chi connectivity index (χ1n) is 19.5. The number of pyridine rings is 1. The van der Waals surface area contributed by atoms with Crippen LogP contribution >= 0.6 is 0 Å². The van der Waals surface area contributed by atoms with Gasteiger partial charge < -0.3 is 4.74 Å². The molecule has 52 heavy (non-hydrogen) atoms. The van der Waals surface area contributed by atoms with Crippen LogP contribution in [0.25, 0.3) is 33.3 Å². The van der Waals surface area contributed by atoms with Crippen molar-refractivity contribution in [2.24, 2.45) is 17.8 Å². The molecular formula is C47H56N4O. The van der Waals surface area contributed by atoms with Crippen molar-refractivity contribution in [3.05, 3.63) is 119 Å². The maximum atomic E-state index is 6.84. The topological polar surface area (TPSA) is 44.9 Å². The van der Waals surface area contributed by atoms with E-state index >= 15 is 0 Å². The summed E-state index contributed by atoms with van der Waals surface area (Å²) in [6.07, 6.45) is 9.92. The van der Waals surface area contributed by atoms with Gasteiger partial charge in [-0.3, -0.25) is 4.57 Å². The van der Waals surface area contributed by atoms with Crippen LogP contribution < -0.4 is 4.74 Å². The Balaban J connectivity index is 1.33. The second-order valence-electron chi connectivity index (χ2n) is 16.4. The second kappa shape index (κ2) is 14.8. The summed E-state index contributed by atoms with van der Waals surface area (Å²) in [6, 6.07) is 26.2. The molecule has 0 N–H and O–H groups in total. The Morgan fingerprint density at radius 2 is 1.62 bits per heavy atom. The Morgan fingerprint density at radius 3 is 2.37 bits per heavy atom. The fourth-order valence-corrected chi connectivity index (χ4v) is 8.40. The summed E-state index contributed by atoms with van der Waals surface area (Å²) in [5.74, 6) is 5.07. The van der Waals surface area contributed by atoms with Gasteiger partial charge in [0.25, 0.3) is 0 Å². The fraction of sp³-hybridized carbons (Fsp3) is 0.404. The highest BCUT2D eigenvalue weighted by Crippen LogP contribution is 2.43. The molecule has 5 nitrogen and oxygen atoms in total. The first kappa shape index (κ1) is 35.7. The van der Waals surface area contributed by atoms with Crippen LogP contribution in [0.4, 0.5) is 0 Å². The second-order valence-corrected chi connectivity index (χ2v) is 16.4. The molecule has 0 radical (unpaired) electrons. The quantitative estimate of drug-likeness (QED) is 0.127. The zero-order chi connectivity index (χ0) is 36.7. The number of allylic oxidation sites excluding steroid dienone is 2. The Hall–Kier alpha value is -4.64. The Kier molecular flexibility index (Phi) is 10.2. The lowest BCUT2D eigenvalue weighted by molar-refractivity contribution is 0.445. The van der Waals surface area contributed by atoms with Crippen LogP contribution in [0.5, 0.6) is 11.5 Å². The zero-order valence-electron chi connectivity index (χ0n) is 32.7. The van der Waals surface area contributed by atoms with Gasteiger partial charge in [-0.15, -0.1) is 0 Å². The van der Waals surface area contributed by atoms with Gasteiger partial charge in [0.1, 0.15) is 17.3 Å². The molecule has 3 heterocycles. The van der Waals surface area contributed by atoms with Crippen molar-refractivity contribution in [3.63, 3.8) is 0 Å². The molecule has 2 atom stereocenters. The molecular weight excluding hydrogens is 637 g/mol. The van der Waals surface area contributed by atoms with Crippen LogP contribution in [0.2, 0.25) is 0 Å². The highest BCUT2D eigenvalue weighted by atomic mass is 16.5. The monoisotopic (exact) mass is 692 g/mol. The maximum absolute atomic E-state index is 6.84. The number of nitrogens with zero attached hydrogens (tertiary/aromatic N) is 4. The molecule has 0 amide bonds. The van der Waals surface area contributed by atoms with Crippen molar-refractivity contribution in [1.29, 1.82) is 0 Å². The van der Waals surface area contributed by atoms with Crippen LogP contribution in [-0.2, 0) is 12.8 Å². The lowest BCUT2D eigenvalue weighted by Gasteiger charge is -2.30. The average molecular weight is 693 g/mol. The zero-order valence-corrected chi connectivity index (χ0v) is 32.7. The van der Waals surface area contributed by atoms with E-state index in [2.05, 4.69) is 150 Å². The van der Waals surface area contributed by atoms with Gasteiger partial charge in [0.05, 0.1) is 22.4 Å². The van der Waals surface area contributed by atoms with Gasteiger partial charge in [-0.2, -0.15) is 5.10 Å². The molecule has 3 aromatic carbocycles. The molecule has 0 saturated carbocycles. The van der Waals surface area contributed by atoms with Crippen molar-refractivity contribution in [1.82, 2.24) is 19.3 Å². The summed E-state index contributed by atoms with van der Waals surface area (Å²) in [5, 5.41) is 7.71. The predicted octanol–water partition coefficient (Wildman–Crippen LogP) is 12.8. The lowest BCUT2D eigenvalue weighted by Crippen LogP contribution is -2.18.